The smallest absolute Gasteiger partial charge is 0.416 e. The van der Waals surface area contributed by atoms with E-state index in [4.69, 9.17) is 10.5 Å². The number of nitrogens with one attached hydrogen (secondary N) is 2. The molecule has 0 fully saturated rings. The van der Waals surface area contributed by atoms with Gasteiger partial charge in [0, 0.05) is 6.54 Å². The largest absolute Gasteiger partial charge is 0.497 e. The van der Waals surface area contributed by atoms with Gasteiger partial charge in [-0.2, -0.15) is 13.2 Å². The van der Waals surface area contributed by atoms with Crippen LogP contribution in [0.15, 0.2) is 18.2 Å². The summed E-state index contributed by atoms with van der Waals surface area (Å²) in [6.07, 6.45) is -4.57. The van der Waals surface area contributed by atoms with Crippen molar-refractivity contribution in [1.82, 2.24) is 10.6 Å². The van der Waals surface area contributed by atoms with Crippen LogP contribution in [0, 0.1) is 0 Å². The van der Waals surface area contributed by atoms with Crippen LogP contribution in [0.1, 0.15) is 11.1 Å². The Labute approximate surface area is 137 Å². The molecule has 4 N–H and O–H groups in total. The van der Waals surface area contributed by atoms with E-state index in [9.17, 15) is 22.8 Å². The van der Waals surface area contributed by atoms with Crippen molar-refractivity contribution < 1.29 is 27.5 Å². The Morgan fingerprint density at radius 2 is 1.87 bits per heavy atom. The van der Waals surface area contributed by atoms with Crippen LogP contribution in [-0.2, 0) is 22.3 Å². The van der Waals surface area contributed by atoms with Crippen molar-refractivity contribution in [3.05, 3.63) is 29.3 Å². The molecule has 0 aliphatic carbocycles. The van der Waals surface area contributed by atoms with Gasteiger partial charge >= 0.3 is 6.18 Å². The van der Waals surface area contributed by atoms with Crippen molar-refractivity contribution in [2.45, 2.75) is 12.7 Å². The van der Waals surface area contributed by atoms with E-state index in [1.165, 1.54) is 19.2 Å². The van der Waals surface area contributed by atoms with Crippen molar-refractivity contribution in [2.75, 3.05) is 20.2 Å². The second-order valence-electron chi connectivity index (χ2n) is 4.28. The number of benzene rings is 1. The number of hydrogen-bond donors (Lipinski definition) is 3. The van der Waals surface area contributed by atoms with Crippen LogP contribution in [-0.4, -0.2) is 32.0 Å². The van der Waals surface area contributed by atoms with Gasteiger partial charge in [-0.1, -0.05) is 6.07 Å². The molecule has 0 unspecified atom stereocenters. The van der Waals surface area contributed by atoms with Crippen LogP contribution >= 0.6 is 12.4 Å². The van der Waals surface area contributed by atoms with E-state index >= 15 is 0 Å². The topological polar surface area (TPSA) is 93.5 Å². The molecule has 0 atom stereocenters. The van der Waals surface area contributed by atoms with Gasteiger partial charge in [0.2, 0.25) is 11.8 Å². The fourth-order valence-corrected chi connectivity index (χ4v) is 1.61. The lowest BCUT2D eigenvalue weighted by atomic mass is 10.1. The van der Waals surface area contributed by atoms with E-state index in [-0.39, 0.29) is 43.4 Å². The summed E-state index contributed by atoms with van der Waals surface area (Å²) >= 11 is 0. The second-order valence-corrected chi connectivity index (χ2v) is 4.28. The van der Waals surface area contributed by atoms with Gasteiger partial charge in [0.15, 0.2) is 0 Å². The van der Waals surface area contributed by atoms with E-state index in [1.54, 1.807) is 0 Å². The SMILES string of the molecule is COc1ccc(CNC(=O)CNC(=O)CN)c(C(F)(F)F)c1.Cl. The highest BCUT2D eigenvalue weighted by molar-refractivity contribution is 5.85. The van der Waals surface area contributed by atoms with Crippen molar-refractivity contribution in [3.63, 3.8) is 0 Å². The average Bonchev–Trinajstić information content (AvgIpc) is 2.49. The molecule has 0 bridgehead atoms. The molecule has 10 heteroatoms. The summed E-state index contributed by atoms with van der Waals surface area (Å²) < 4.78 is 43.6. The molecule has 2 amide bonds. The first kappa shape index (κ1) is 21.0. The highest BCUT2D eigenvalue weighted by Gasteiger charge is 2.33. The van der Waals surface area contributed by atoms with Crippen molar-refractivity contribution >= 4 is 24.2 Å². The molecular formula is C13H17ClF3N3O3. The highest BCUT2D eigenvalue weighted by Crippen LogP contribution is 2.34. The second kappa shape index (κ2) is 9.21. The van der Waals surface area contributed by atoms with Crippen LogP contribution in [0.2, 0.25) is 0 Å². The Kier molecular flexibility index (Phi) is 8.41. The molecule has 0 aliphatic heterocycles. The van der Waals surface area contributed by atoms with E-state index < -0.39 is 23.6 Å². The maximum Gasteiger partial charge on any atom is 0.416 e. The first-order valence-electron chi connectivity index (χ1n) is 6.25. The van der Waals surface area contributed by atoms with Crippen LogP contribution in [0.4, 0.5) is 13.2 Å². The van der Waals surface area contributed by atoms with Crippen molar-refractivity contribution in [2.24, 2.45) is 5.73 Å². The number of amides is 2. The lowest BCUT2D eigenvalue weighted by Gasteiger charge is -2.15. The Balaban J connectivity index is 0.00000484. The molecule has 130 valence electrons. The molecule has 0 heterocycles. The minimum Gasteiger partial charge on any atom is -0.497 e. The van der Waals surface area contributed by atoms with Crippen molar-refractivity contribution in [1.29, 1.82) is 0 Å². The summed E-state index contributed by atoms with van der Waals surface area (Å²) in [5, 5.41) is 4.51. The van der Waals surface area contributed by atoms with Crippen LogP contribution in [0.3, 0.4) is 0 Å². The maximum absolute atomic E-state index is 12.9. The number of halogens is 4. The predicted molar refractivity (Wildman–Crippen MR) is 79.2 cm³/mol. The highest BCUT2D eigenvalue weighted by atomic mass is 35.5. The number of carbonyl (C=O) groups is 2. The van der Waals surface area contributed by atoms with E-state index in [0.29, 0.717) is 0 Å². The van der Waals surface area contributed by atoms with Gasteiger partial charge in [-0.15, -0.1) is 12.4 Å². The normalized spacial score (nSPS) is 10.5. The molecule has 1 aromatic rings. The summed E-state index contributed by atoms with van der Waals surface area (Å²) in [4.78, 5) is 22.3. The monoisotopic (exact) mass is 355 g/mol. The van der Waals surface area contributed by atoms with E-state index in [1.807, 2.05) is 0 Å². The van der Waals surface area contributed by atoms with Gasteiger partial charge in [0.25, 0.3) is 0 Å². The molecule has 0 saturated heterocycles. The molecule has 6 nitrogen and oxygen atoms in total. The zero-order valence-electron chi connectivity index (χ0n) is 12.2. The molecule has 0 spiro atoms. The first-order chi connectivity index (χ1) is 10.3. The Bertz CT molecular complexity index is 553. The Hall–Kier alpha value is -2.00. The zero-order chi connectivity index (χ0) is 16.8. The molecule has 1 rings (SSSR count). The van der Waals surface area contributed by atoms with Gasteiger partial charge in [0.05, 0.1) is 25.8 Å². The van der Waals surface area contributed by atoms with Gasteiger partial charge in [0.1, 0.15) is 5.75 Å². The average molecular weight is 356 g/mol. The number of hydrogen-bond acceptors (Lipinski definition) is 4. The number of rotatable bonds is 6. The summed E-state index contributed by atoms with van der Waals surface area (Å²) in [6, 6.07) is 3.45. The lowest BCUT2D eigenvalue weighted by molar-refractivity contribution is -0.138. The van der Waals surface area contributed by atoms with Gasteiger partial charge < -0.3 is 21.1 Å². The molecule has 0 saturated carbocycles. The number of ether oxygens (including phenoxy) is 1. The summed E-state index contributed by atoms with van der Waals surface area (Å²) in [6.45, 7) is -0.951. The van der Waals surface area contributed by atoms with E-state index in [0.717, 1.165) is 6.07 Å². The predicted octanol–water partition coefficient (Wildman–Crippen LogP) is 0.827. The lowest BCUT2D eigenvalue weighted by Crippen LogP contribution is -2.39. The summed E-state index contributed by atoms with van der Waals surface area (Å²) in [5.41, 5.74) is 4.04. The van der Waals surface area contributed by atoms with Gasteiger partial charge in [-0.3, -0.25) is 9.59 Å². The fourth-order valence-electron chi connectivity index (χ4n) is 1.61. The molecule has 23 heavy (non-hydrogen) atoms. The number of nitrogens with two attached hydrogens (primary N) is 1. The quantitative estimate of drug-likeness (QED) is 0.704. The standard InChI is InChI=1S/C13H16F3N3O3.ClH/c1-22-9-3-2-8(10(4-9)13(14,15)16)6-18-12(21)7-19-11(20)5-17;/h2-4H,5-7,17H2,1H3,(H,18,21)(H,19,20);1H. The molecule has 0 aliphatic rings. The fraction of sp³-hybridized carbons (Fsp3) is 0.385. The molecular weight excluding hydrogens is 339 g/mol. The maximum atomic E-state index is 12.9. The summed E-state index contributed by atoms with van der Waals surface area (Å²) in [5.74, 6) is -1.08. The first-order valence-corrected chi connectivity index (χ1v) is 6.25. The third kappa shape index (κ3) is 6.74. The van der Waals surface area contributed by atoms with E-state index in [2.05, 4.69) is 10.6 Å². The van der Waals surface area contributed by atoms with Gasteiger partial charge in [-0.05, 0) is 17.7 Å². The minimum absolute atomic E-state index is 0. The number of alkyl halides is 3. The third-order valence-electron chi connectivity index (χ3n) is 2.73. The molecule has 1 aromatic carbocycles. The van der Waals surface area contributed by atoms with Crippen LogP contribution < -0.4 is 21.1 Å². The third-order valence-corrected chi connectivity index (χ3v) is 2.73. The minimum atomic E-state index is -4.57. The Morgan fingerprint density at radius 1 is 1.22 bits per heavy atom. The molecule has 0 radical (unpaired) electrons. The number of carbonyl (C=O) groups excluding carboxylic acids is 2. The van der Waals surface area contributed by atoms with Crippen molar-refractivity contribution in [3.8, 4) is 5.75 Å². The van der Waals surface area contributed by atoms with Crippen LogP contribution in [0.5, 0.6) is 5.75 Å². The molecule has 0 aromatic heterocycles. The summed E-state index contributed by atoms with van der Waals surface area (Å²) in [7, 11) is 1.26. The van der Waals surface area contributed by atoms with Gasteiger partial charge in [-0.25, -0.2) is 0 Å². The zero-order valence-corrected chi connectivity index (χ0v) is 13.0. The van der Waals surface area contributed by atoms with Crippen LogP contribution in [0.25, 0.3) is 0 Å². The number of methoxy groups -OCH3 is 1. The Morgan fingerprint density at radius 3 is 2.39 bits per heavy atom.